The van der Waals surface area contributed by atoms with Gasteiger partial charge in [-0.1, -0.05) is 0 Å². The van der Waals surface area contributed by atoms with E-state index >= 15 is 0 Å². The Morgan fingerprint density at radius 3 is 2.60 bits per heavy atom. The molecule has 8 heteroatoms. The summed E-state index contributed by atoms with van der Waals surface area (Å²) in [5.74, 6) is -1.34. The molecule has 1 rings (SSSR count). The summed E-state index contributed by atoms with van der Waals surface area (Å²) in [6.07, 6.45) is -3.99. The Bertz CT molecular complexity index is 370. The number of nitrogens with zero attached hydrogens (tertiary/aromatic N) is 1. The van der Waals surface area contributed by atoms with Crippen LogP contribution in [0.4, 0.5) is 13.2 Å². The summed E-state index contributed by atoms with van der Waals surface area (Å²) >= 11 is 1.58. The van der Waals surface area contributed by atoms with Crippen LogP contribution in [-0.2, 0) is 6.54 Å². The molecule has 0 unspecified atom stereocenters. The van der Waals surface area contributed by atoms with Crippen molar-refractivity contribution in [3.8, 4) is 11.5 Å². The molecular formula is C7H6F3IN2O2. The van der Waals surface area contributed by atoms with Crippen LogP contribution >= 0.6 is 22.6 Å². The minimum Gasteiger partial charge on any atom is -0.503 e. The number of alkyl halides is 3. The lowest BCUT2D eigenvalue weighted by atomic mass is 10.3. The SMILES string of the molecule is NCc1ncc(O)c(OC(F)(F)F)c1I. The summed E-state index contributed by atoms with van der Waals surface area (Å²) in [6, 6.07) is 0. The summed E-state index contributed by atoms with van der Waals surface area (Å²) in [5.41, 5.74) is 5.48. The molecule has 0 aliphatic carbocycles. The largest absolute Gasteiger partial charge is 0.573 e. The van der Waals surface area contributed by atoms with E-state index in [1.165, 1.54) is 0 Å². The van der Waals surface area contributed by atoms with Gasteiger partial charge in [0.15, 0.2) is 11.5 Å². The van der Waals surface area contributed by atoms with E-state index in [1.807, 2.05) is 0 Å². The van der Waals surface area contributed by atoms with Crippen LogP contribution in [0.15, 0.2) is 6.20 Å². The van der Waals surface area contributed by atoms with Crippen molar-refractivity contribution >= 4 is 22.6 Å². The van der Waals surface area contributed by atoms with Gasteiger partial charge in [-0.15, -0.1) is 13.2 Å². The number of ether oxygens (including phenoxy) is 1. The van der Waals surface area contributed by atoms with Crippen molar-refractivity contribution in [1.29, 1.82) is 0 Å². The molecule has 1 aromatic heterocycles. The lowest BCUT2D eigenvalue weighted by molar-refractivity contribution is -0.275. The summed E-state index contributed by atoms with van der Waals surface area (Å²) in [5, 5.41) is 9.14. The summed E-state index contributed by atoms with van der Waals surface area (Å²) in [6.45, 7) is -0.0349. The maximum absolute atomic E-state index is 11.9. The first-order valence-corrected chi connectivity index (χ1v) is 4.75. The Morgan fingerprint density at radius 2 is 2.13 bits per heavy atom. The van der Waals surface area contributed by atoms with Crippen molar-refractivity contribution in [2.24, 2.45) is 5.73 Å². The Labute approximate surface area is 96.4 Å². The number of nitrogens with two attached hydrogens (primary N) is 1. The molecule has 0 aromatic carbocycles. The molecule has 1 heterocycles. The first-order valence-electron chi connectivity index (χ1n) is 3.67. The molecule has 0 aliphatic rings. The Morgan fingerprint density at radius 1 is 1.53 bits per heavy atom. The summed E-state index contributed by atoms with van der Waals surface area (Å²) < 4.78 is 39.5. The van der Waals surface area contributed by atoms with E-state index in [9.17, 15) is 13.2 Å². The first-order chi connectivity index (χ1) is 6.85. The molecule has 0 saturated carbocycles. The fraction of sp³-hybridized carbons (Fsp3) is 0.286. The molecule has 1 aromatic rings. The smallest absolute Gasteiger partial charge is 0.503 e. The monoisotopic (exact) mass is 334 g/mol. The molecule has 3 N–H and O–H groups in total. The lowest BCUT2D eigenvalue weighted by Crippen LogP contribution is -2.19. The molecule has 0 fully saturated rings. The number of rotatable bonds is 2. The maximum atomic E-state index is 11.9. The summed E-state index contributed by atoms with van der Waals surface area (Å²) in [4.78, 5) is 3.66. The second-order valence-corrected chi connectivity index (χ2v) is 3.56. The van der Waals surface area contributed by atoms with Gasteiger partial charge in [0, 0.05) is 6.54 Å². The van der Waals surface area contributed by atoms with Crippen molar-refractivity contribution in [3.63, 3.8) is 0 Å². The molecule has 0 atom stereocenters. The van der Waals surface area contributed by atoms with Gasteiger partial charge in [0.2, 0.25) is 0 Å². The molecule has 0 bridgehead atoms. The summed E-state index contributed by atoms with van der Waals surface area (Å²) in [7, 11) is 0. The van der Waals surface area contributed by atoms with Crippen molar-refractivity contribution in [3.05, 3.63) is 15.5 Å². The van der Waals surface area contributed by atoms with Gasteiger partial charge in [-0.3, -0.25) is 4.98 Å². The van der Waals surface area contributed by atoms with E-state index in [4.69, 9.17) is 10.8 Å². The second kappa shape index (κ2) is 4.39. The average molecular weight is 334 g/mol. The van der Waals surface area contributed by atoms with Gasteiger partial charge in [-0.25, -0.2) is 0 Å². The van der Waals surface area contributed by atoms with Crippen LogP contribution in [0.5, 0.6) is 11.5 Å². The Kier molecular flexibility index (Phi) is 3.60. The second-order valence-electron chi connectivity index (χ2n) is 2.49. The number of hydrogen-bond acceptors (Lipinski definition) is 4. The van der Waals surface area contributed by atoms with E-state index in [2.05, 4.69) is 9.72 Å². The highest BCUT2D eigenvalue weighted by atomic mass is 127. The molecule has 4 nitrogen and oxygen atoms in total. The molecule has 15 heavy (non-hydrogen) atoms. The minimum absolute atomic E-state index is 0.0349. The van der Waals surface area contributed by atoms with Crippen molar-refractivity contribution < 1.29 is 23.0 Å². The third kappa shape index (κ3) is 3.09. The molecule has 0 radical (unpaired) electrons. The fourth-order valence-electron chi connectivity index (χ4n) is 0.853. The van der Waals surface area contributed by atoms with Crippen LogP contribution in [0.2, 0.25) is 0 Å². The van der Waals surface area contributed by atoms with Gasteiger partial charge >= 0.3 is 6.36 Å². The topological polar surface area (TPSA) is 68.4 Å². The maximum Gasteiger partial charge on any atom is 0.573 e. The lowest BCUT2D eigenvalue weighted by Gasteiger charge is -2.13. The van der Waals surface area contributed by atoms with Gasteiger partial charge < -0.3 is 15.6 Å². The van der Waals surface area contributed by atoms with E-state index in [1.54, 1.807) is 22.6 Å². The highest BCUT2D eigenvalue weighted by Crippen LogP contribution is 2.36. The van der Waals surface area contributed by atoms with Crippen molar-refractivity contribution in [2.75, 3.05) is 0 Å². The Balaban J connectivity index is 3.15. The number of aromatic nitrogens is 1. The normalized spacial score (nSPS) is 11.5. The highest BCUT2D eigenvalue weighted by molar-refractivity contribution is 14.1. The molecule has 0 spiro atoms. The van der Waals surface area contributed by atoms with Crippen LogP contribution in [-0.4, -0.2) is 16.5 Å². The number of halogens is 4. The first kappa shape index (κ1) is 12.3. The molecule has 84 valence electrons. The van der Waals surface area contributed by atoms with Gasteiger partial charge in [-0.05, 0) is 22.6 Å². The van der Waals surface area contributed by atoms with E-state index in [0.29, 0.717) is 0 Å². The van der Waals surface area contributed by atoms with Crippen LogP contribution in [0, 0.1) is 3.57 Å². The third-order valence-electron chi connectivity index (χ3n) is 1.44. The zero-order chi connectivity index (χ0) is 11.6. The number of pyridine rings is 1. The Hall–Kier alpha value is -0.770. The zero-order valence-corrected chi connectivity index (χ0v) is 9.33. The van der Waals surface area contributed by atoms with Gasteiger partial charge in [0.05, 0.1) is 15.5 Å². The zero-order valence-electron chi connectivity index (χ0n) is 7.18. The molecule has 0 saturated heterocycles. The number of aromatic hydroxyl groups is 1. The fourth-order valence-corrected chi connectivity index (χ4v) is 1.60. The standard InChI is InChI=1S/C7H6F3IN2O2/c8-7(9,10)15-6-4(14)2-13-3(1-12)5(6)11/h2,14H,1,12H2. The van der Waals surface area contributed by atoms with E-state index in [-0.39, 0.29) is 15.8 Å². The van der Waals surface area contributed by atoms with Crippen LogP contribution < -0.4 is 10.5 Å². The van der Waals surface area contributed by atoms with E-state index in [0.717, 1.165) is 6.20 Å². The highest BCUT2D eigenvalue weighted by Gasteiger charge is 2.33. The minimum atomic E-state index is -4.86. The van der Waals surface area contributed by atoms with Gasteiger partial charge in [-0.2, -0.15) is 0 Å². The van der Waals surface area contributed by atoms with Crippen molar-refractivity contribution in [2.45, 2.75) is 12.9 Å². The van der Waals surface area contributed by atoms with Gasteiger partial charge in [0.1, 0.15) is 0 Å². The molecule has 0 amide bonds. The molecular weight excluding hydrogens is 328 g/mol. The predicted molar refractivity (Wildman–Crippen MR) is 53.2 cm³/mol. The average Bonchev–Trinajstić information content (AvgIpc) is 2.11. The van der Waals surface area contributed by atoms with Gasteiger partial charge in [0.25, 0.3) is 0 Å². The van der Waals surface area contributed by atoms with E-state index < -0.39 is 17.9 Å². The van der Waals surface area contributed by atoms with Crippen LogP contribution in [0.3, 0.4) is 0 Å². The molecule has 0 aliphatic heterocycles. The van der Waals surface area contributed by atoms with Crippen molar-refractivity contribution in [1.82, 2.24) is 4.98 Å². The van der Waals surface area contributed by atoms with Crippen LogP contribution in [0.25, 0.3) is 0 Å². The quantitative estimate of drug-likeness (QED) is 0.809. The number of hydrogen-bond donors (Lipinski definition) is 2. The van der Waals surface area contributed by atoms with Crippen LogP contribution in [0.1, 0.15) is 5.69 Å². The third-order valence-corrected chi connectivity index (χ3v) is 2.55. The predicted octanol–water partition coefficient (Wildman–Crippen LogP) is 1.75.